The molecule has 0 aromatic heterocycles. The smallest absolute Gasteiger partial charge is 0.262 e. The predicted molar refractivity (Wildman–Crippen MR) is 106 cm³/mol. The van der Waals surface area contributed by atoms with E-state index in [1.807, 2.05) is 24.3 Å². The maximum Gasteiger partial charge on any atom is 0.262 e. The van der Waals surface area contributed by atoms with Crippen molar-refractivity contribution in [2.45, 2.75) is 26.2 Å². The average molecular weight is 370 g/mol. The molecule has 0 saturated carbocycles. The molecule has 144 valence electrons. The second kappa shape index (κ2) is 9.19. The molecular formula is C21H26N2O4. The lowest BCUT2D eigenvalue weighted by atomic mass is 9.87. The fourth-order valence-corrected chi connectivity index (χ4v) is 2.40. The lowest BCUT2D eigenvalue weighted by molar-refractivity contribution is -0.119. The van der Waals surface area contributed by atoms with Crippen molar-refractivity contribution in [3.8, 4) is 5.75 Å². The highest BCUT2D eigenvalue weighted by atomic mass is 16.5. The van der Waals surface area contributed by atoms with Crippen LogP contribution in [0.4, 0.5) is 11.4 Å². The van der Waals surface area contributed by atoms with E-state index in [-0.39, 0.29) is 30.4 Å². The Hall–Kier alpha value is -2.86. The van der Waals surface area contributed by atoms with E-state index < -0.39 is 0 Å². The van der Waals surface area contributed by atoms with Crippen molar-refractivity contribution in [1.82, 2.24) is 0 Å². The second-order valence-corrected chi connectivity index (χ2v) is 7.18. The lowest BCUT2D eigenvalue weighted by Crippen LogP contribution is -2.21. The molecule has 0 aliphatic carbocycles. The zero-order valence-corrected chi connectivity index (χ0v) is 16.2. The highest BCUT2D eigenvalue weighted by molar-refractivity contribution is 5.95. The van der Waals surface area contributed by atoms with E-state index in [4.69, 9.17) is 9.47 Å². The van der Waals surface area contributed by atoms with Gasteiger partial charge in [0.1, 0.15) is 12.4 Å². The van der Waals surface area contributed by atoms with Crippen LogP contribution in [0, 0.1) is 0 Å². The van der Waals surface area contributed by atoms with E-state index in [1.54, 1.807) is 24.3 Å². The van der Waals surface area contributed by atoms with Crippen molar-refractivity contribution in [2.24, 2.45) is 0 Å². The van der Waals surface area contributed by atoms with Gasteiger partial charge in [-0.1, -0.05) is 39.0 Å². The molecule has 6 nitrogen and oxygen atoms in total. The van der Waals surface area contributed by atoms with Crippen LogP contribution in [0.2, 0.25) is 0 Å². The minimum Gasteiger partial charge on any atom is -0.484 e. The zero-order valence-electron chi connectivity index (χ0n) is 16.2. The van der Waals surface area contributed by atoms with E-state index >= 15 is 0 Å². The highest BCUT2D eigenvalue weighted by Gasteiger charge is 2.14. The van der Waals surface area contributed by atoms with Crippen LogP contribution in [0.1, 0.15) is 26.3 Å². The van der Waals surface area contributed by atoms with Crippen molar-refractivity contribution >= 4 is 23.2 Å². The third-order valence-corrected chi connectivity index (χ3v) is 3.78. The van der Waals surface area contributed by atoms with Crippen molar-refractivity contribution in [2.75, 3.05) is 31.0 Å². The van der Waals surface area contributed by atoms with E-state index in [9.17, 15) is 9.59 Å². The number of carbonyl (C=O) groups excluding carboxylic acids is 2. The van der Waals surface area contributed by atoms with Gasteiger partial charge in [-0.15, -0.1) is 0 Å². The highest BCUT2D eigenvalue weighted by Crippen LogP contribution is 2.25. The molecule has 2 N–H and O–H groups in total. The predicted octanol–water partition coefficient (Wildman–Crippen LogP) is 3.59. The Morgan fingerprint density at radius 1 is 0.889 bits per heavy atom. The van der Waals surface area contributed by atoms with Crippen LogP contribution in [0.5, 0.6) is 5.75 Å². The summed E-state index contributed by atoms with van der Waals surface area (Å²) in [5, 5.41) is 5.44. The van der Waals surface area contributed by atoms with Gasteiger partial charge >= 0.3 is 0 Å². The first kappa shape index (κ1) is 20.5. The molecule has 0 bridgehead atoms. The average Bonchev–Trinajstić information content (AvgIpc) is 2.60. The molecule has 2 aromatic rings. The van der Waals surface area contributed by atoms with Crippen LogP contribution in [0.25, 0.3) is 0 Å². The van der Waals surface area contributed by atoms with Crippen LogP contribution >= 0.6 is 0 Å². The van der Waals surface area contributed by atoms with E-state index in [0.29, 0.717) is 17.1 Å². The van der Waals surface area contributed by atoms with Gasteiger partial charge in [0.2, 0.25) is 5.91 Å². The molecule has 2 rings (SSSR count). The minimum absolute atomic E-state index is 0.00924. The Morgan fingerprint density at radius 2 is 1.48 bits per heavy atom. The minimum atomic E-state index is -0.281. The van der Waals surface area contributed by atoms with Crippen molar-refractivity contribution < 1.29 is 19.1 Å². The fourth-order valence-electron chi connectivity index (χ4n) is 2.40. The monoisotopic (exact) mass is 370 g/mol. The van der Waals surface area contributed by atoms with Gasteiger partial charge < -0.3 is 20.1 Å². The summed E-state index contributed by atoms with van der Waals surface area (Å²) in [4.78, 5) is 23.7. The topological polar surface area (TPSA) is 76.7 Å². The van der Waals surface area contributed by atoms with Crippen LogP contribution in [-0.4, -0.2) is 32.1 Å². The Morgan fingerprint density at radius 3 is 2.07 bits per heavy atom. The Bertz CT molecular complexity index is 797. The van der Waals surface area contributed by atoms with Gasteiger partial charge in [-0.2, -0.15) is 0 Å². The first-order valence-corrected chi connectivity index (χ1v) is 8.70. The number of hydrogen-bond acceptors (Lipinski definition) is 4. The third kappa shape index (κ3) is 6.75. The molecule has 0 aliphatic heterocycles. The third-order valence-electron chi connectivity index (χ3n) is 3.78. The summed E-state index contributed by atoms with van der Waals surface area (Å²) in [6.07, 6.45) is 0. The van der Waals surface area contributed by atoms with Gasteiger partial charge in [-0.05, 0) is 41.3 Å². The molecule has 0 unspecified atom stereocenters. The summed E-state index contributed by atoms with van der Waals surface area (Å²) in [6.45, 7) is 6.23. The summed E-state index contributed by atoms with van der Waals surface area (Å²) in [5.74, 6) is 0.109. The van der Waals surface area contributed by atoms with Gasteiger partial charge in [0, 0.05) is 18.5 Å². The Kier molecular flexibility index (Phi) is 6.96. The van der Waals surface area contributed by atoms with Gasteiger partial charge in [0.05, 0.1) is 0 Å². The van der Waals surface area contributed by atoms with Crippen molar-refractivity contribution in [1.29, 1.82) is 0 Å². The maximum atomic E-state index is 12.2. The quantitative estimate of drug-likeness (QED) is 0.781. The lowest BCUT2D eigenvalue weighted by Gasteiger charge is -2.19. The molecule has 0 atom stereocenters. The Labute approximate surface area is 159 Å². The number of methoxy groups -OCH3 is 1. The molecule has 0 fully saturated rings. The molecule has 2 amide bonds. The summed E-state index contributed by atoms with van der Waals surface area (Å²) in [6, 6.07) is 14.6. The van der Waals surface area contributed by atoms with Gasteiger partial charge in [0.25, 0.3) is 5.91 Å². The molecule has 0 radical (unpaired) electrons. The standard InChI is InChI=1S/C21H26N2O4/c1-21(2,3)15-7-5-10-18(11-15)27-14-20(25)23-17-9-6-8-16(12-17)22-19(24)13-26-4/h5-12H,13-14H2,1-4H3,(H,22,24)(H,23,25). The molecule has 0 aliphatic rings. The summed E-state index contributed by atoms with van der Waals surface area (Å²) < 4.78 is 10.4. The first-order chi connectivity index (χ1) is 12.8. The van der Waals surface area contributed by atoms with Gasteiger partial charge in [-0.3, -0.25) is 9.59 Å². The summed E-state index contributed by atoms with van der Waals surface area (Å²) in [7, 11) is 1.45. The van der Waals surface area contributed by atoms with Crippen LogP contribution in [0.3, 0.4) is 0 Å². The zero-order chi connectivity index (χ0) is 19.9. The van der Waals surface area contributed by atoms with Crippen molar-refractivity contribution in [3.63, 3.8) is 0 Å². The number of anilines is 2. The van der Waals surface area contributed by atoms with Gasteiger partial charge in [0.15, 0.2) is 6.61 Å². The van der Waals surface area contributed by atoms with E-state index in [1.165, 1.54) is 7.11 Å². The van der Waals surface area contributed by atoms with Crippen LogP contribution < -0.4 is 15.4 Å². The second-order valence-electron chi connectivity index (χ2n) is 7.18. The molecule has 0 saturated heterocycles. The molecular weight excluding hydrogens is 344 g/mol. The molecule has 27 heavy (non-hydrogen) atoms. The summed E-state index contributed by atoms with van der Waals surface area (Å²) in [5.41, 5.74) is 2.30. The number of benzene rings is 2. The SMILES string of the molecule is COCC(=O)Nc1cccc(NC(=O)COc2cccc(C(C)(C)C)c2)c1. The van der Waals surface area contributed by atoms with Crippen molar-refractivity contribution in [3.05, 3.63) is 54.1 Å². The van der Waals surface area contributed by atoms with Crippen LogP contribution in [-0.2, 0) is 19.7 Å². The number of nitrogens with one attached hydrogen (secondary N) is 2. The molecule has 0 spiro atoms. The fraction of sp³-hybridized carbons (Fsp3) is 0.333. The van der Waals surface area contributed by atoms with E-state index in [2.05, 4.69) is 31.4 Å². The van der Waals surface area contributed by atoms with Gasteiger partial charge in [-0.25, -0.2) is 0 Å². The number of rotatable bonds is 7. The molecule has 6 heteroatoms. The first-order valence-electron chi connectivity index (χ1n) is 8.70. The number of hydrogen-bond donors (Lipinski definition) is 2. The normalized spacial score (nSPS) is 11.0. The largest absolute Gasteiger partial charge is 0.484 e. The number of carbonyl (C=O) groups is 2. The summed E-state index contributed by atoms with van der Waals surface area (Å²) >= 11 is 0. The number of amides is 2. The Balaban J connectivity index is 1.92. The van der Waals surface area contributed by atoms with Crippen LogP contribution in [0.15, 0.2) is 48.5 Å². The van der Waals surface area contributed by atoms with E-state index in [0.717, 1.165) is 5.56 Å². The molecule has 0 heterocycles. The maximum absolute atomic E-state index is 12.2. The number of ether oxygens (including phenoxy) is 2. The molecule has 2 aromatic carbocycles.